The summed E-state index contributed by atoms with van der Waals surface area (Å²) in [4.78, 5) is 30.6. The second kappa shape index (κ2) is 11.6. The number of benzene rings is 2. The van der Waals surface area contributed by atoms with E-state index in [0.29, 0.717) is 31.6 Å². The van der Waals surface area contributed by atoms with E-state index in [1.165, 1.54) is 4.90 Å². The Morgan fingerprint density at radius 2 is 1.63 bits per heavy atom. The first kappa shape index (κ1) is 28.8. The van der Waals surface area contributed by atoms with Crippen molar-refractivity contribution in [2.45, 2.75) is 76.0 Å². The molecular formula is C33H40N4O4. The summed E-state index contributed by atoms with van der Waals surface area (Å²) >= 11 is 0. The van der Waals surface area contributed by atoms with E-state index in [1.54, 1.807) is 6.20 Å². The predicted octanol–water partition coefficient (Wildman–Crippen LogP) is 6.00. The highest BCUT2D eigenvalue weighted by atomic mass is 16.4. The fourth-order valence-corrected chi connectivity index (χ4v) is 6.77. The summed E-state index contributed by atoms with van der Waals surface area (Å²) in [5, 5.41) is 22.6. The van der Waals surface area contributed by atoms with Crippen molar-refractivity contribution in [2.75, 3.05) is 11.9 Å². The maximum absolute atomic E-state index is 13.0. The van der Waals surface area contributed by atoms with Crippen LogP contribution >= 0.6 is 0 Å². The van der Waals surface area contributed by atoms with Gasteiger partial charge in [0.1, 0.15) is 5.82 Å². The van der Waals surface area contributed by atoms with E-state index in [9.17, 15) is 19.8 Å². The number of nitrogens with zero attached hydrogens (tertiary/aromatic N) is 2. The molecule has 1 aromatic heterocycles. The van der Waals surface area contributed by atoms with Gasteiger partial charge in [-0.05, 0) is 86.6 Å². The molecule has 0 aliphatic heterocycles. The number of hydrogen-bond acceptors (Lipinski definition) is 5. The van der Waals surface area contributed by atoms with Crippen LogP contribution in [-0.2, 0) is 10.3 Å². The molecular weight excluding hydrogens is 516 g/mol. The van der Waals surface area contributed by atoms with Crippen LogP contribution in [0.2, 0.25) is 0 Å². The number of carboxylic acid groups (broad SMARTS) is 1. The molecule has 216 valence electrons. The fourth-order valence-electron chi connectivity index (χ4n) is 6.77. The maximum Gasteiger partial charge on any atom is 0.407 e. The topological polar surface area (TPSA) is 129 Å². The summed E-state index contributed by atoms with van der Waals surface area (Å²) in [6, 6.07) is 20.1. The summed E-state index contributed by atoms with van der Waals surface area (Å²) in [5.74, 6) is 0.658. The summed E-state index contributed by atoms with van der Waals surface area (Å²) in [6.07, 6.45) is 5.63. The first-order valence-corrected chi connectivity index (χ1v) is 14.5. The van der Waals surface area contributed by atoms with Crippen LogP contribution < -0.4 is 11.1 Å². The standard InChI is InChI=1S/C33H40N4O4/c1-3-37(31(39)40)26-15-9-22(10-16-26)17-30(38)36-29-18-27(23-7-5-4-6-8-23)28(19-35-29)24-11-13-25(14-12-24)33(34)20-32(2,41)21-33/h4-8,11-14,18-19,22,26,41H,3,9-10,15-17,20-21,34H2,1-2H3,(H,39,40)(H,35,36,38)/t22-,26-,32-,33-. The van der Waals surface area contributed by atoms with E-state index < -0.39 is 17.2 Å². The quantitative estimate of drug-likeness (QED) is 0.269. The van der Waals surface area contributed by atoms with Crippen molar-refractivity contribution < 1.29 is 19.8 Å². The lowest BCUT2D eigenvalue weighted by Crippen LogP contribution is -2.58. The Labute approximate surface area is 241 Å². The number of nitrogens with two attached hydrogens (primary N) is 1. The minimum atomic E-state index is -0.871. The third-order valence-electron chi connectivity index (χ3n) is 8.74. The van der Waals surface area contributed by atoms with Crippen LogP contribution in [0.1, 0.15) is 64.4 Å². The number of aromatic nitrogens is 1. The lowest BCUT2D eigenvalue weighted by atomic mass is 9.63. The Bertz CT molecular complexity index is 1370. The summed E-state index contributed by atoms with van der Waals surface area (Å²) in [6.45, 7) is 4.16. The van der Waals surface area contributed by atoms with Gasteiger partial charge in [-0.25, -0.2) is 9.78 Å². The number of aliphatic hydroxyl groups is 1. The summed E-state index contributed by atoms with van der Waals surface area (Å²) in [5.41, 5.74) is 10.2. The first-order valence-electron chi connectivity index (χ1n) is 14.5. The Balaban J connectivity index is 1.29. The van der Waals surface area contributed by atoms with Gasteiger partial charge in [-0.2, -0.15) is 0 Å². The van der Waals surface area contributed by atoms with Crippen LogP contribution in [0.3, 0.4) is 0 Å². The third kappa shape index (κ3) is 6.44. The number of rotatable bonds is 8. The minimum absolute atomic E-state index is 0.0347. The lowest BCUT2D eigenvalue weighted by Gasteiger charge is -2.49. The normalized spacial score (nSPS) is 25.7. The number of carbonyl (C=O) groups excluding carboxylic acids is 1. The molecule has 0 atom stereocenters. The Morgan fingerprint density at radius 1 is 1.00 bits per heavy atom. The molecule has 8 heteroatoms. The molecule has 0 saturated heterocycles. The molecule has 2 aromatic carbocycles. The molecule has 2 aliphatic rings. The van der Waals surface area contributed by atoms with Crippen molar-refractivity contribution >= 4 is 17.8 Å². The maximum atomic E-state index is 13.0. The van der Waals surface area contributed by atoms with Gasteiger partial charge in [0, 0.05) is 36.3 Å². The van der Waals surface area contributed by atoms with E-state index in [2.05, 4.69) is 10.3 Å². The van der Waals surface area contributed by atoms with Crippen LogP contribution in [0.15, 0.2) is 66.9 Å². The van der Waals surface area contributed by atoms with Gasteiger partial charge in [-0.3, -0.25) is 4.79 Å². The number of hydrogen-bond donors (Lipinski definition) is 4. The summed E-state index contributed by atoms with van der Waals surface area (Å²) < 4.78 is 0. The number of pyridine rings is 1. The molecule has 3 aromatic rings. The van der Waals surface area contributed by atoms with Crippen LogP contribution in [0.25, 0.3) is 22.3 Å². The van der Waals surface area contributed by atoms with Gasteiger partial charge in [-0.1, -0.05) is 54.6 Å². The minimum Gasteiger partial charge on any atom is -0.465 e. The molecule has 8 nitrogen and oxygen atoms in total. The van der Waals surface area contributed by atoms with Gasteiger partial charge < -0.3 is 26.2 Å². The highest BCUT2D eigenvalue weighted by Gasteiger charge is 2.49. The van der Waals surface area contributed by atoms with Crippen LogP contribution in [0.5, 0.6) is 0 Å². The molecule has 0 radical (unpaired) electrons. The molecule has 0 unspecified atom stereocenters. The molecule has 2 amide bonds. The van der Waals surface area contributed by atoms with E-state index in [0.717, 1.165) is 53.5 Å². The van der Waals surface area contributed by atoms with Gasteiger partial charge in [0.2, 0.25) is 5.91 Å². The van der Waals surface area contributed by atoms with Gasteiger partial charge in [-0.15, -0.1) is 0 Å². The molecule has 41 heavy (non-hydrogen) atoms. The van der Waals surface area contributed by atoms with E-state index in [4.69, 9.17) is 5.73 Å². The average molecular weight is 557 g/mol. The SMILES string of the molecule is CCN(C(=O)O)[C@H]1CC[C@H](CC(=O)Nc2cc(-c3ccccc3)c(-c3ccc([C@]4(N)C[C@](C)(O)C4)cc3)cn2)CC1. The van der Waals surface area contributed by atoms with Crippen molar-refractivity contribution in [3.8, 4) is 22.3 Å². The Hall–Kier alpha value is -3.75. The van der Waals surface area contributed by atoms with Crippen LogP contribution in [0.4, 0.5) is 10.6 Å². The second-order valence-electron chi connectivity index (χ2n) is 12.1. The van der Waals surface area contributed by atoms with Gasteiger partial charge in [0.15, 0.2) is 0 Å². The largest absolute Gasteiger partial charge is 0.465 e. The zero-order valence-corrected chi connectivity index (χ0v) is 23.8. The van der Waals surface area contributed by atoms with Crippen molar-refractivity contribution in [2.24, 2.45) is 11.7 Å². The zero-order valence-electron chi connectivity index (χ0n) is 23.8. The molecule has 5 rings (SSSR count). The van der Waals surface area contributed by atoms with Crippen molar-refractivity contribution in [1.82, 2.24) is 9.88 Å². The van der Waals surface area contributed by atoms with Crippen molar-refractivity contribution in [3.05, 3.63) is 72.4 Å². The van der Waals surface area contributed by atoms with Gasteiger partial charge in [0.05, 0.1) is 5.60 Å². The molecule has 2 saturated carbocycles. The van der Waals surface area contributed by atoms with Gasteiger partial charge in [0.25, 0.3) is 0 Å². The molecule has 0 spiro atoms. The van der Waals surface area contributed by atoms with Gasteiger partial charge >= 0.3 is 6.09 Å². The molecule has 5 N–H and O–H groups in total. The Kier molecular flexibility index (Phi) is 8.16. The van der Waals surface area contributed by atoms with E-state index >= 15 is 0 Å². The fraction of sp³-hybridized carbons (Fsp3) is 0.424. The third-order valence-corrected chi connectivity index (χ3v) is 8.74. The van der Waals surface area contributed by atoms with Crippen molar-refractivity contribution in [3.63, 3.8) is 0 Å². The number of amides is 2. The smallest absolute Gasteiger partial charge is 0.407 e. The molecule has 0 bridgehead atoms. The average Bonchev–Trinajstić information content (AvgIpc) is 2.93. The predicted molar refractivity (Wildman–Crippen MR) is 160 cm³/mol. The van der Waals surface area contributed by atoms with Crippen LogP contribution in [-0.4, -0.2) is 50.3 Å². The van der Waals surface area contributed by atoms with E-state index in [-0.39, 0.29) is 17.9 Å². The highest BCUT2D eigenvalue weighted by Crippen LogP contribution is 2.46. The second-order valence-corrected chi connectivity index (χ2v) is 12.1. The highest BCUT2D eigenvalue weighted by molar-refractivity contribution is 5.92. The summed E-state index contributed by atoms with van der Waals surface area (Å²) in [7, 11) is 0. The molecule has 2 aliphatic carbocycles. The number of carbonyl (C=O) groups is 2. The number of anilines is 1. The van der Waals surface area contributed by atoms with Crippen LogP contribution in [0, 0.1) is 5.92 Å². The zero-order chi connectivity index (χ0) is 29.2. The monoisotopic (exact) mass is 556 g/mol. The Morgan fingerprint density at radius 3 is 2.22 bits per heavy atom. The van der Waals surface area contributed by atoms with Crippen molar-refractivity contribution in [1.29, 1.82) is 0 Å². The first-order chi connectivity index (χ1) is 19.6. The molecule has 1 heterocycles. The lowest BCUT2D eigenvalue weighted by molar-refractivity contribution is -0.117. The molecule has 2 fully saturated rings. The van der Waals surface area contributed by atoms with E-state index in [1.807, 2.05) is 74.5 Å². The number of nitrogens with one attached hydrogen (secondary N) is 1.